The van der Waals surface area contributed by atoms with Crippen molar-refractivity contribution in [3.63, 3.8) is 0 Å². The molecule has 1 heterocycles. The van der Waals surface area contributed by atoms with E-state index in [-0.39, 0.29) is 30.7 Å². The highest BCUT2D eigenvalue weighted by atomic mass is 19.1. The van der Waals surface area contributed by atoms with Crippen LogP contribution in [0, 0.1) is 5.82 Å². The predicted octanol–water partition coefficient (Wildman–Crippen LogP) is 2.59. The third kappa shape index (κ3) is 5.00. The van der Waals surface area contributed by atoms with Crippen LogP contribution in [0.25, 0.3) is 0 Å². The molecule has 2 aromatic rings. The highest BCUT2D eigenvalue weighted by Gasteiger charge is 2.24. The number of halogens is 1. The summed E-state index contributed by atoms with van der Waals surface area (Å²) in [7, 11) is 1.58. The molecule has 6 nitrogen and oxygen atoms in total. The minimum Gasteiger partial charge on any atom is -0.497 e. The summed E-state index contributed by atoms with van der Waals surface area (Å²) in [5.74, 6) is 0.845. The molecule has 0 atom stereocenters. The molecule has 1 saturated heterocycles. The second kappa shape index (κ2) is 9.21. The van der Waals surface area contributed by atoms with E-state index < -0.39 is 0 Å². The van der Waals surface area contributed by atoms with Gasteiger partial charge in [0.1, 0.15) is 17.3 Å². The zero-order valence-electron chi connectivity index (χ0n) is 15.8. The van der Waals surface area contributed by atoms with Crippen LogP contribution in [0.5, 0.6) is 11.5 Å². The quantitative estimate of drug-likeness (QED) is 0.766. The molecule has 0 unspecified atom stereocenters. The number of ether oxygens (including phenoxy) is 2. The van der Waals surface area contributed by atoms with Gasteiger partial charge < -0.3 is 19.3 Å². The molecule has 0 radical (unpaired) electrons. The van der Waals surface area contributed by atoms with Gasteiger partial charge in [-0.3, -0.25) is 9.59 Å². The topological polar surface area (TPSA) is 59.1 Å². The van der Waals surface area contributed by atoms with Crippen LogP contribution in [0.15, 0.2) is 48.5 Å². The Kier molecular flexibility index (Phi) is 6.47. The summed E-state index contributed by atoms with van der Waals surface area (Å²) < 4.78 is 23.4. The van der Waals surface area contributed by atoms with E-state index in [1.807, 2.05) is 0 Å². The summed E-state index contributed by atoms with van der Waals surface area (Å²) in [4.78, 5) is 28.4. The van der Waals surface area contributed by atoms with Crippen LogP contribution in [0.2, 0.25) is 0 Å². The van der Waals surface area contributed by atoms with Gasteiger partial charge in [0.15, 0.2) is 0 Å². The third-order valence-electron chi connectivity index (χ3n) is 4.65. The van der Waals surface area contributed by atoms with Gasteiger partial charge in [0.05, 0.1) is 20.1 Å². The maximum absolute atomic E-state index is 12.9. The maximum atomic E-state index is 12.9. The smallest absolute Gasteiger partial charge is 0.253 e. The Hall–Kier alpha value is -3.09. The van der Waals surface area contributed by atoms with Crippen LogP contribution in [0.1, 0.15) is 16.8 Å². The second-order valence-corrected chi connectivity index (χ2v) is 6.45. The molecule has 0 spiro atoms. The van der Waals surface area contributed by atoms with Gasteiger partial charge in [0, 0.05) is 31.7 Å². The Labute approximate surface area is 163 Å². The average molecular weight is 386 g/mol. The minimum absolute atomic E-state index is 0.0151. The van der Waals surface area contributed by atoms with Gasteiger partial charge in [0.2, 0.25) is 5.91 Å². The Morgan fingerprint density at radius 3 is 2.07 bits per heavy atom. The van der Waals surface area contributed by atoms with Crippen molar-refractivity contribution in [2.75, 3.05) is 39.9 Å². The lowest BCUT2D eigenvalue weighted by molar-refractivity contribution is -0.133. The van der Waals surface area contributed by atoms with Crippen LogP contribution < -0.4 is 9.47 Å². The number of piperazine rings is 1. The van der Waals surface area contributed by atoms with E-state index >= 15 is 0 Å². The predicted molar refractivity (Wildman–Crippen MR) is 102 cm³/mol. The number of carbonyl (C=O) groups is 2. The number of carbonyl (C=O) groups excluding carboxylic acids is 2. The number of hydrogen-bond acceptors (Lipinski definition) is 4. The van der Waals surface area contributed by atoms with Crippen molar-refractivity contribution in [3.05, 3.63) is 59.9 Å². The largest absolute Gasteiger partial charge is 0.497 e. The first kappa shape index (κ1) is 19.7. The summed E-state index contributed by atoms with van der Waals surface area (Å²) in [5.41, 5.74) is 0.605. The maximum Gasteiger partial charge on any atom is 0.253 e. The summed E-state index contributed by atoms with van der Waals surface area (Å²) >= 11 is 0. The van der Waals surface area contributed by atoms with E-state index in [1.165, 1.54) is 24.3 Å². The Morgan fingerprint density at radius 1 is 0.893 bits per heavy atom. The molecule has 148 valence electrons. The number of hydrogen-bond donors (Lipinski definition) is 0. The van der Waals surface area contributed by atoms with Gasteiger partial charge in [-0.05, 0) is 48.5 Å². The molecule has 3 rings (SSSR count). The van der Waals surface area contributed by atoms with Crippen molar-refractivity contribution in [2.45, 2.75) is 6.42 Å². The highest BCUT2D eigenvalue weighted by Crippen LogP contribution is 2.15. The van der Waals surface area contributed by atoms with E-state index in [9.17, 15) is 14.0 Å². The number of benzene rings is 2. The van der Waals surface area contributed by atoms with E-state index in [0.717, 1.165) is 0 Å². The van der Waals surface area contributed by atoms with Crippen molar-refractivity contribution in [2.24, 2.45) is 0 Å². The van der Waals surface area contributed by atoms with Gasteiger partial charge in [-0.25, -0.2) is 4.39 Å². The van der Waals surface area contributed by atoms with Crippen molar-refractivity contribution in [3.8, 4) is 11.5 Å². The molecule has 1 fully saturated rings. The summed E-state index contributed by atoms with van der Waals surface area (Å²) in [6.07, 6.45) is 0.240. The summed E-state index contributed by atoms with van der Waals surface area (Å²) in [5, 5.41) is 0. The molecule has 1 aliphatic heterocycles. The molecule has 0 N–H and O–H groups in total. The zero-order valence-corrected chi connectivity index (χ0v) is 15.8. The van der Waals surface area contributed by atoms with Crippen LogP contribution in [0.4, 0.5) is 4.39 Å². The first-order chi connectivity index (χ1) is 13.6. The fraction of sp³-hybridized carbons (Fsp3) is 0.333. The van der Waals surface area contributed by atoms with E-state index in [1.54, 1.807) is 41.2 Å². The standard InChI is InChI=1S/C21H23FN2O4/c1-27-18-6-2-16(3-7-18)21(26)24-13-11-23(12-14-24)20(25)10-15-28-19-8-4-17(22)5-9-19/h2-9H,10-15H2,1H3. The van der Waals surface area contributed by atoms with E-state index in [0.29, 0.717) is 43.2 Å². The van der Waals surface area contributed by atoms with Gasteiger partial charge in [-0.2, -0.15) is 0 Å². The molecule has 0 bridgehead atoms. The van der Waals surface area contributed by atoms with Crippen LogP contribution >= 0.6 is 0 Å². The number of rotatable bonds is 6. The molecule has 2 amide bonds. The van der Waals surface area contributed by atoms with Crippen LogP contribution in [-0.4, -0.2) is 61.5 Å². The first-order valence-corrected chi connectivity index (χ1v) is 9.16. The second-order valence-electron chi connectivity index (χ2n) is 6.45. The molecule has 7 heteroatoms. The Morgan fingerprint density at radius 2 is 1.46 bits per heavy atom. The highest BCUT2D eigenvalue weighted by molar-refractivity contribution is 5.94. The van der Waals surface area contributed by atoms with Crippen molar-refractivity contribution < 1.29 is 23.5 Å². The molecule has 0 aliphatic carbocycles. The molecule has 1 aliphatic rings. The molecular formula is C21H23FN2O4. The fourth-order valence-electron chi connectivity index (χ4n) is 3.02. The van der Waals surface area contributed by atoms with Crippen LogP contribution in [-0.2, 0) is 4.79 Å². The average Bonchev–Trinajstić information content (AvgIpc) is 2.74. The molecular weight excluding hydrogens is 363 g/mol. The Balaban J connectivity index is 1.43. The lowest BCUT2D eigenvalue weighted by Gasteiger charge is -2.35. The summed E-state index contributed by atoms with van der Waals surface area (Å²) in [6.45, 7) is 2.22. The molecule has 0 aromatic heterocycles. The Bertz CT molecular complexity index is 800. The van der Waals surface area contributed by atoms with E-state index in [4.69, 9.17) is 9.47 Å². The zero-order chi connectivity index (χ0) is 19.9. The molecule has 2 aromatic carbocycles. The van der Waals surface area contributed by atoms with Crippen molar-refractivity contribution >= 4 is 11.8 Å². The lowest BCUT2D eigenvalue weighted by Crippen LogP contribution is -2.50. The number of nitrogens with zero attached hydrogens (tertiary/aromatic N) is 2. The fourth-order valence-corrected chi connectivity index (χ4v) is 3.02. The van der Waals surface area contributed by atoms with Gasteiger partial charge >= 0.3 is 0 Å². The minimum atomic E-state index is -0.328. The van der Waals surface area contributed by atoms with Crippen molar-refractivity contribution in [1.82, 2.24) is 9.80 Å². The SMILES string of the molecule is COc1ccc(C(=O)N2CCN(C(=O)CCOc3ccc(F)cc3)CC2)cc1. The third-order valence-corrected chi connectivity index (χ3v) is 4.65. The summed E-state index contributed by atoms with van der Waals surface area (Å²) in [6, 6.07) is 12.7. The monoisotopic (exact) mass is 386 g/mol. The normalized spacial score (nSPS) is 13.9. The van der Waals surface area contributed by atoms with Gasteiger partial charge in [0.25, 0.3) is 5.91 Å². The number of amides is 2. The molecule has 0 saturated carbocycles. The van der Waals surface area contributed by atoms with Gasteiger partial charge in [-0.15, -0.1) is 0 Å². The van der Waals surface area contributed by atoms with Crippen molar-refractivity contribution in [1.29, 1.82) is 0 Å². The molecule has 28 heavy (non-hydrogen) atoms. The number of methoxy groups -OCH3 is 1. The van der Waals surface area contributed by atoms with Crippen LogP contribution in [0.3, 0.4) is 0 Å². The first-order valence-electron chi connectivity index (χ1n) is 9.16. The van der Waals surface area contributed by atoms with Gasteiger partial charge in [-0.1, -0.05) is 0 Å². The van der Waals surface area contributed by atoms with E-state index in [2.05, 4.69) is 0 Å². The lowest BCUT2D eigenvalue weighted by atomic mass is 10.1.